The molecule has 1 saturated heterocycles. The average Bonchev–Trinajstić information content (AvgIpc) is 3.30. The average molecular weight is 371 g/mol. The minimum atomic E-state index is -1.11. The second kappa shape index (κ2) is 7.01. The Kier molecular flexibility index (Phi) is 4.69. The van der Waals surface area contributed by atoms with Gasteiger partial charge in [0, 0.05) is 19.3 Å². The van der Waals surface area contributed by atoms with Gasteiger partial charge in [0.05, 0.1) is 11.7 Å². The summed E-state index contributed by atoms with van der Waals surface area (Å²) in [5.41, 5.74) is 1.41. The Morgan fingerprint density at radius 1 is 1.30 bits per heavy atom. The number of tetrazole rings is 1. The monoisotopic (exact) mass is 371 g/mol. The number of aliphatic carboxylic acids is 1. The highest BCUT2D eigenvalue weighted by atomic mass is 16.4. The summed E-state index contributed by atoms with van der Waals surface area (Å²) in [6, 6.07) is 7.13. The maximum absolute atomic E-state index is 11.8. The summed E-state index contributed by atoms with van der Waals surface area (Å²) in [6.07, 6.45) is 4.24. The van der Waals surface area contributed by atoms with Crippen molar-refractivity contribution >= 4 is 5.97 Å². The maximum Gasteiger partial charge on any atom is 0.217 e. The number of aryl methyl sites for hydroxylation is 1. The van der Waals surface area contributed by atoms with Crippen LogP contribution in [0.1, 0.15) is 49.9 Å². The molecule has 2 heterocycles. The largest absolute Gasteiger partial charge is 0.544 e. The van der Waals surface area contributed by atoms with E-state index >= 15 is 0 Å². The van der Waals surface area contributed by atoms with E-state index in [9.17, 15) is 15.0 Å². The highest BCUT2D eigenvalue weighted by Gasteiger charge is 2.54. The number of carbonyl (C=O) groups is 1. The van der Waals surface area contributed by atoms with Gasteiger partial charge < -0.3 is 19.9 Å². The number of carboxylic acid groups (broad SMARTS) is 1. The van der Waals surface area contributed by atoms with E-state index in [1.165, 1.54) is 0 Å². The zero-order chi connectivity index (χ0) is 19.0. The summed E-state index contributed by atoms with van der Waals surface area (Å²) in [5.74, 6) is -0.423. The number of rotatable bonds is 4. The minimum Gasteiger partial charge on any atom is -0.544 e. The Hall–Kier alpha value is -2.32. The predicted molar refractivity (Wildman–Crippen MR) is 93.9 cm³/mol. The van der Waals surface area contributed by atoms with Crippen molar-refractivity contribution in [3.05, 3.63) is 35.7 Å². The number of carbonyl (C=O) groups excluding carboxylic acids is 1. The van der Waals surface area contributed by atoms with E-state index in [-0.39, 0.29) is 6.42 Å². The highest BCUT2D eigenvalue weighted by molar-refractivity contribution is 5.69. The van der Waals surface area contributed by atoms with Crippen molar-refractivity contribution in [2.45, 2.75) is 63.1 Å². The van der Waals surface area contributed by atoms with Crippen molar-refractivity contribution in [2.75, 3.05) is 6.54 Å². The fourth-order valence-electron chi connectivity index (χ4n) is 4.95. The van der Waals surface area contributed by atoms with E-state index in [1.54, 1.807) is 4.68 Å². The molecule has 8 nitrogen and oxygen atoms in total. The van der Waals surface area contributed by atoms with Crippen LogP contribution in [0, 0.1) is 6.92 Å². The lowest BCUT2D eigenvalue weighted by atomic mass is 9.79. The van der Waals surface area contributed by atoms with Crippen molar-refractivity contribution < 1.29 is 19.9 Å². The lowest BCUT2D eigenvalue weighted by Gasteiger charge is -2.43. The van der Waals surface area contributed by atoms with E-state index in [0.717, 1.165) is 48.3 Å². The van der Waals surface area contributed by atoms with Crippen LogP contribution in [0.2, 0.25) is 0 Å². The van der Waals surface area contributed by atoms with E-state index in [1.807, 2.05) is 31.2 Å². The summed E-state index contributed by atoms with van der Waals surface area (Å²) in [6.45, 7) is 2.38. The Morgan fingerprint density at radius 2 is 2.04 bits per heavy atom. The Bertz CT molecular complexity index is 830. The molecule has 0 amide bonds. The van der Waals surface area contributed by atoms with Crippen molar-refractivity contribution in [2.24, 2.45) is 0 Å². The summed E-state index contributed by atoms with van der Waals surface area (Å²) >= 11 is 0. The molecule has 1 aromatic carbocycles. The van der Waals surface area contributed by atoms with Crippen LogP contribution in [-0.4, -0.2) is 50.0 Å². The van der Waals surface area contributed by atoms with Crippen LogP contribution >= 0.6 is 0 Å². The molecule has 1 aliphatic carbocycles. The van der Waals surface area contributed by atoms with Gasteiger partial charge in [-0.3, -0.25) is 0 Å². The smallest absolute Gasteiger partial charge is 0.217 e. The molecular weight excluding hydrogens is 346 g/mol. The second-order valence-corrected chi connectivity index (χ2v) is 7.83. The minimum absolute atomic E-state index is 0.214. The van der Waals surface area contributed by atoms with E-state index in [2.05, 4.69) is 15.5 Å². The van der Waals surface area contributed by atoms with E-state index in [4.69, 9.17) is 0 Å². The SMILES string of the molecule is Cc1ccccc1-n1nnnc1C1([NH+]2C[C@H](O)C[C@@H]2C(=O)[O-])CCCCC1. The number of aromatic nitrogens is 4. The van der Waals surface area contributed by atoms with Crippen LogP contribution in [-0.2, 0) is 10.3 Å². The lowest BCUT2D eigenvalue weighted by Crippen LogP contribution is -3.22. The number of benzene rings is 1. The fourth-order valence-corrected chi connectivity index (χ4v) is 4.95. The molecule has 1 aromatic heterocycles. The molecule has 4 rings (SSSR count). The van der Waals surface area contributed by atoms with E-state index in [0.29, 0.717) is 12.4 Å². The number of aliphatic hydroxyl groups excluding tert-OH is 1. The molecular formula is C19H25N5O3. The van der Waals surface area contributed by atoms with Gasteiger partial charge in [-0.05, 0) is 41.8 Å². The number of quaternary nitrogens is 1. The molecule has 1 aliphatic heterocycles. The van der Waals surface area contributed by atoms with Crippen molar-refractivity contribution in [3.63, 3.8) is 0 Å². The number of hydrogen-bond acceptors (Lipinski definition) is 6. The molecule has 144 valence electrons. The molecule has 1 unspecified atom stereocenters. The second-order valence-electron chi connectivity index (χ2n) is 7.83. The molecule has 2 fully saturated rings. The molecule has 2 aromatic rings. The van der Waals surface area contributed by atoms with Crippen molar-refractivity contribution in [3.8, 4) is 5.69 Å². The molecule has 2 N–H and O–H groups in total. The van der Waals surface area contributed by atoms with Crippen LogP contribution in [0.3, 0.4) is 0 Å². The van der Waals surface area contributed by atoms with Crippen LogP contribution in [0.25, 0.3) is 5.69 Å². The molecule has 0 radical (unpaired) electrons. The standard InChI is InChI=1S/C19H25N5O3/c1-13-7-3-4-8-15(13)24-18(20-21-22-24)19(9-5-2-6-10-19)23-12-14(25)11-16(23)17(26)27/h3-4,7-8,14,16,25H,2,5-6,9-12H2,1H3,(H,26,27)/t14-,16-/m1/s1. The topological polar surface area (TPSA) is 108 Å². The van der Waals surface area contributed by atoms with Gasteiger partial charge >= 0.3 is 0 Å². The van der Waals surface area contributed by atoms with Crippen LogP contribution in [0.5, 0.6) is 0 Å². The van der Waals surface area contributed by atoms with Gasteiger partial charge in [0.1, 0.15) is 18.7 Å². The summed E-state index contributed by atoms with van der Waals surface area (Å²) in [5, 5.41) is 34.6. The van der Waals surface area contributed by atoms with Gasteiger partial charge in [-0.25, -0.2) is 0 Å². The van der Waals surface area contributed by atoms with E-state index < -0.39 is 23.7 Å². The molecule has 0 spiro atoms. The first-order valence-corrected chi connectivity index (χ1v) is 9.63. The first-order chi connectivity index (χ1) is 13.0. The van der Waals surface area contributed by atoms with Gasteiger partial charge in [0.2, 0.25) is 5.82 Å². The highest BCUT2D eigenvalue weighted by Crippen LogP contribution is 2.35. The zero-order valence-corrected chi connectivity index (χ0v) is 15.5. The Balaban J connectivity index is 1.84. The first kappa shape index (κ1) is 18.1. The third-order valence-corrected chi connectivity index (χ3v) is 6.23. The maximum atomic E-state index is 11.8. The molecule has 0 bridgehead atoms. The molecule has 1 saturated carbocycles. The van der Waals surface area contributed by atoms with Crippen LogP contribution in [0.4, 0.5) is 0 Å². The fraction of sp³-hybridized carbons (Fsp3) is 0.579. The zero-order valence-electron chi connectivity index (χ0n) is 15.5. The van der Waals surface area contributed by atoms with Gasteiger partial charge in [-0.2, -0.15) is 4.68 Å². The Morgan fingerprint density at radius 3 is 2.74 bits per heavy atom. The number of para-hydroxylation sites is 1. The lowest BCUT2D eigenvalue weighted by molar-refractivity contribution is -0.970. The van der Waals surface area contributed by atoms with Gasteiger partial charge in [0.15, 0.2) is 5.54 Å². The number of hydrogen-bond donors (Lipinski definition) is 2. The third kappa shape index (κ3) is 3.02. The van der Waals surface area contributed by atoms with Gasteiger partial charge in [-0.1, -0.05) is 24.6 Å². The number of nitrogens with zero attached hydrogens (tertiary/aromatic N) is 4. The molecule has 2 aliphatic rings. The van der Waals surface area contributed by atoms with Crippen LogP contribution in [0.15, 0.2) is 24.3 Å². The number of likely N-dealkylation sites (tertiary alicyclic amines) is 1. The summed E-state index contributed by atoms with van der Waals surface area (Å²) < 4.78 is 1.75. The normalized spacial score (nSPS) is 27.6. The van der Waals surface area contributed by atoms with Crippen molar-refractivity contribution in [1.29, 1.82) is 0 Å². The molecule has 3 atom stereocenters. The van der Waals surface area contributed by atoms with Gasteiger partial charge in [0.25, 0.3) is 0 Å². The molecule has 27 heavy (non-hydrogen) atoms. The van der Waals surface area contributed by atoms with Gasteiger partial charge in [-0.15, -0.1) is 5.10 Å². The quantitative estimate of drug-likeness (QED) is 0.706. The predicted octanol–water partition coefficient (Wildman–Crippen LogP) is -1.10. The number of nitrogens with one attached hydrogen (secondary N) is 1. The third-order valence-electron chi connectivity index (χ3n) is 6.23. The first-order valence-electron chi connectivity index (χ1n) is 9.63. The summed E-state index contributed by atoms with van der Waals surface area (Å²) in [7, 11) is 0. The number of carboxylic acids is 1. The Labute approximate surface area is 157 Å². The number of aliphatic hydroxyl groups is 1. The van der Waals surface area contributed by atoms with Crippen molar-refractivity contribution in [1.82, 2.24) is 20.2 Å². The summed E-state index contributed by atoms with van der Waals surface area (Å²) in [4.78, 5) is 12.7. The van der Waals surface area contributed by atoms with Crippen LogP contribution < -0.4 is 10.0 Å². The molecule has 8 heteroatoms.